The van der Waals surface area contributed by atoms with Gasteiger partial charge in [-0.25, -0.2) is 4.39 Å². The van der Waals surface area contributed by atoms with Gasteiger partial charge >= 0.3 is 5.97 Å². The molecule has 1 aromatic carbocycles. The molecule has 1 aliphatic rings. The Hall–Kier alpha value is -2.52. The van der Waals surface area contributed by atoms with E-state index >= 15 is 0 Å². The molecule has 6 nitrogen and oxygen atoms in total. The number of fused-ring (bicyclic) bond motifs is 1. The minimum Gasteiger partial charge on any atom is -0.481 e. The fraction of sp³-hybridized carbons (Fsp3) is 0.417. The summed E-state index contributed by atoms with van der Waals surface area (Å²) in [6.45, 7) is 3.93. The molecule has 0 radical (unpaired) electrons. The van der Waals surface area contributed by atoms with Crippen molar-refractivity contribution in [1.29, 1.82) is 0 Å². The Balaban J connectivity index is 2.16. The largest absolute Gasteiger partial charge is 0.481 e. The molecule has 1 aromatic heterocycles. The predicted molar refractivity (Wildman–Crippen MR) is 120 cm³/mol. The molecular formula is C24H27FNO5P. The maximum atomic E-state index is 13.6. The van der Waals surface area contributed by atoms with Gasteiger partial charge in [0, 0.05) is 11.3 Å². The average molecular weight is 459 g/mol. The number of carbonyl (C=O) groups is 1. The van der Waals surface area contributed by atoms with Crippen molar-refractivity contribution in [2.24, 2.45) is 0 Å². The molecule has 32 heavy (non-hydrogen) atoms. The number of carboxylic acid groups (broad SMARTS) is 1. The van der Waals surface area contributed by atoms with Crippen LogP contribution in [0.3, 0.4) is 0 Å². The second-order valence-corrected chi connectivity index (χ2v) is 10.4. The van der Waals surface area contributed by atoms with Gasteiger partial charge in [-0.05, 0) is 60.5 Å². The highest BCUT2D eigenvalue weighted by Gasteiger charge is 2.25. The zero-order chi connectivity index (χ0) is 23.5. The Morgan fingerprint density at radius 1 is 1.22 bits per heavy atom. The quantitative estimate of drug-likeness (QED) is 0.439. The summed E-state index contributed by atoms with van der Waals surface area (Å²) in [6, 6.07) is 6.08. The van der Waals surface area contributed by atoms with Gasteiger partial charge in [-0.3, -0.25) is 14.3 Å². The van der Waals surface area contributed by atoms with Crippen LogP contribution in [0.2, 0.25) is 0 Å². The molecule has 0 aliphatic heterocycles. The summed E-state index contributed by atoms with van der Waals surface area (Å²) in [5.41, 5.74) is 7.18. The lowest BCUT2D eigenvalue weighted by Gasteiger charge is -2.24. The topological polar surface area (TPSA) is 108 Å². The van der Waals surface area contributed by atoms with Crippen molar-refractivity contribution in [3.8, 4) is 22.7 Å². The van der Waals surface area contributed by atoms with Crippen LogP contribution in [0.5, 0.6) is 0 Å². The van der Waals surface area contributed by atoms with Crippen molar-refractivity contribution in [3.63, 3.8) is 0 Å². The van der Waals surface area contributed by atoms with E-state index in [2.05, 4.69) is 11.6 Å². The predicted octanol–water partition coefficient (Wildman–Crippen LogP) is 4.30. The van der Waals surface area contributed by atoms with Gasteiger partial charge in [0.1, 0.15) is 5.82 Å². The summed E-state index contributed by atoms with van der Waals surface area (Å²) in [5, 5.41) is 18.6. The first kappa shape index (κ1) is 24.1. The summed E-state index contributed by atoms with van der Waals surface area (Å²) in [7, 11) is -4.13. The van der Waals surface area contributed by atoms with Crippen molar-refractivity contribution >= 4 is 13.3 Å². The van der Waals surface area contributed by atoms with Crippen LogP contribution in [-0.2, 0) is 22.2 Å². The van der Waals surface area contributed by atoms with E-state index in [1.54, 1.807) is 12.1 Å². The van der Waals surface area contributed by atoms with E-state index in [4.69, 9.17) is 10.1 Å². The van der Waals surface area contributed by atoms with Gasteiger partial charge in [0.2, 0.25) is 0 Å². The second-order valence-electron chi connectivity index (χ2n) is 8.41. The minimum absolute atomic E-state index is 0.0126. The lowest BCUT2D eigenvalue weighted by Crippen LogP contribution is -2.17. The maximum Gasteiger partial charge on any atom is 0.305 e. The maximum absolute atomic E-state index is 13.6. The van der Waals surface area contributed by atoms with Gasteiger partial charge < -0.3 is 15.1 Å². The third-order valence-electron chi connectivity index (χ3n) is 5.41. The van der Waals surface area contributed by atoms with Crippen molar-refractivity contribution in [2.75, 3.05) is 6.16 Å². The van der Waals surface area contributed by atoms with Crippen LogP contribution in [0.25, 0.3) is 11.1 Å². The van der Waals surface area contributed by atoms with Gasteiger partial charge in [-0.1, -0.05) is 31.9 Å². The fourth-order valence-electron chi connectivity index (χ4n) is 3.98. The summed E-state index contributed by atoms with van der Waals surface area (Å²) in [4.78, 5) is 25.9. The molecule has 2 aromatic rings. The number of aryl methyl sites for hydroxylation is 1. The Kier molecular flexibility index (Phi) is 7.51. The van der Waals surface area contributed by atoms with Gasteiger partial charge in [-0.2, -0.15) is 0 Å². The number of carboxylic acids is 1. The summed E-state index contributed by atoms with van der Waals surface area (Å²) in [6.07, 6.45) is 0.890. The molecular weight excluding hydrogens is 432 g/mol. The lowest BCUT2D eigenvalue weighted by atomic mass is 9.84. The molecule has 170 valence electrons. The highest BCUT2D eigenvalue weighted by Crippen LogP contribution is 2.42. The monoisotopic (exact) mass is 459 g/mol. The van der Waals surface area contributed by atoms with Crippen LogP contribution >= 0.6 is 7.37 Å². The zero-order valence-electron chi connectivity index (χ0n) is 18.1. The number of aliphatic hydroxyl groups excluding tert-OH is 1. The third kappa shape index (κ3) is 5.83. The zero-order valence-corrected chi connectivity index (χ0v) is 19.0. The Labute approximate surface area is 187 Å². The SMILES string of the molecule is CC(C)c1nc2c(c(-c3ccc(F)cc3)c1C#CP(=O)(O)C[C@@H](O)CC(=O)O)CCCC2. The van der Waals surface area contributed by atoms with Crippen LogP contribution in [0.4, 0.5) is 4.39 Å². The first-order chi connectivity index (χ1) is 15.1. The number of aliphatic carboxylic acids is 1. The molecule has 1 unspecified atom stereocenters. The standard InChI is InChI=1S/C24H27FNO5P/c1-15(2)24-20(11-12-32(30,31)14-18(27)13-22(28)29)23(16-7-9-17(25)10-8-16)19-5-3-4-6-21(19)26-24/h7-10,15,18,27H,3-6,13-14H2,1-2H3,(H,28,29)(H,30,31)/t18-/m0/s1. The van der Waals surface area contributed by atoms with Crippen LogP contribution in [-0.4, -0.2) is 38.3 Å². The Bertz CT molecular complexity index is 1120. The number of pyridine rings is 1. The summed E-state index contributed by atoms with van der Waals surface area (Å²) < 4.78 is 26.2. The Morgan fingerprint density at radius 3 is 2.50 bits per heavy atom. The molecule has 1 heterocycles. The van der Waals surface area contributed by atoms with Crippen molar-refractivity contribution in [1.82, 2.24) is 4.98 Å². The van der Waals surface area contributed by atoms with E-state index in [1.807, 2.05) is 13.8 Å². The molecule has 8 heteroatoms. The molecule has 0 saturated heterocycles. The number of rotatable bonds is 6. The summed E-state index contributed by atoms with van der Waals surface area (Å²) >= 11 is 0. The van der Waals surface area contributed by atoms with E-state index < -0.39 is 32.0 Å². The van der Waals surface area contributed by atoms with Gasteiger partial charge in [0.25, 0.3) is 7.37 Å². The smallest absolute Gasteiger partial charge is 0.305 e. The molecule has 1 aliphatic carbocycles. The number of aliphatic hydroxyl groups is 1. The first-order valence-corrected chi connectivity index (χ1v) is 12.5. The molecule has 0 spiro atoms. The van der Waals surface area contributed by atoms with E-state index in [1.165, 1.54) is 12.1 Å². The van der Waals surface area contributed by atoms with Gasteiger partial charge in [0.15, 0.2) is 0 Å². The number of hydrogen-bond acceptors (Lipinski definition) is 4. The fourth-order valence-corrected chi connectivity index (χ4v) is 5.06. The molecule has 0 bridgehead atoms. The average Bonchev–Trinajstić information content (AvgIpc) is 2.71. The van der Waals surface area contributed by atoms with Crippen molar-refractivity contribution in [2.45, 2.75) is 58.0 Å². The molecule has 3 N–H and O–H groups in total. The van der Waals surface area contributed by atoms with E-state index in [9.17, 15) is 23.7 Å². The van der Waals surface area contributed by atoms with E-state index in [0.717, 1.165) is 48.1 Å². The van der Waals surface area contributed by atoms with Crippen molar-refractivity contribution in [3.05, 3.63) is 52.6 Å². The Morgan fingerprint density at radius 2 is 1.88 bits per heavy atom. The van der Waals surface area contributed by atoms with Crippen molar-refractivity contribution < 1.29 is 28.9 Å². The minimum atomic E-state index is -4.13. The second kappa shape index (κ2) is 9.95. The summed E-state index contributed by atoms with van der Waals surface area (Å²) in [5.74, 6) is 1.22. The first-order valence-electron chi connectivity index (χ1n) is 10.6. The number of halogens is 1. The van der Waals surface area contributed by atoms with Crippen LogP contribution in [0.15, 0.2) is 24.3 Å². The molecule has 2 atom stereocenters. The number of aromatic nitrogens is 1. The molecule has 0 saturated carbocycles. The van der Waals surface area contributed by atoms with Crippen LogP contribution < -0.4 is 0 Å². The number of hydrogen-bond donors (Lipinski definition) is 3. The van der Waals surface area contributed by atoms with Gasteiger partial charge in [-0.15, -0.1) is 0 Å². The third-order valence-corrected chi connectivity index (χ3v) is 6.78. The van der Waals surface area contributed by atoms with Crippen LogP contribution in [0.1, 0.15) is 61.5 Å². The highest BCUT2D eigenvalue weighted by atomic mass is 31.2. The molecule has 0 fully saturated rings. The van der Waals surface area contributed by atoms with E-state index in [-0.39, 0.29) is 11.7 Å². The van der Waals surface area contributed by atoms with E-state index in [0.29, 0.717) is 11.3 Å². The normalized spacial score (nSPS) is 15.9. The molecule has 0 amide bonds. The van der Waals surface area contributed by atoms with Crippen LogP contribution in [0, 0.1) is 17.4 Å². The highest BCUT2D eigenvalue weighted by molar-refractivity contribution is 7.63. The number of benzene rings is 1. The molecule has 3 rings (SSSR count). The lowest BCUT2D eigenvalue weighted by molar-refractivity contribution is -0.138. The van der Waals surface area contributed by atoms with Gasteiger partial charge in [0.05, 0.1) is 29.9 Å². The number of nitrogens with zero attached hydrogens (tertiary/aromatic N) is 1.